The van der Waals surface area contributed by atoms with Gasteiger partial charge in [0.05, 0.1) is 34.3 Å². The lowest BCUT2D eigenvalue weighted by Gasteiger charge is -2.13. The molecule has 0 bridgehead atoms. The molecule has 2 heterocycles. The second kappa shape index (κ2) is 7.38. The van der Waals surface area contributed by atoms with Crippen molar-refractivity contribution in [3.63, 3.8) is 0 Å². The first-order valence-electron chi connectivity index (χ1n) is 9.17. The lowest BCUT2D eigenvalue weighted by atomic mass is 10.1. The van der Waals surface area contributed by atoms with E-state index in [2.05, 4.69) is 5.10 Å². The molecule has 2 amide bonds. The van der Waals surface area contributed by atoms with Crippen LogP contribution in [0.25, 0.3) is 5.69 Å². The molecule has 10 heteroatoms. The van der Waals surface area contributed by atoms with Crippen LogP contribution in [0.2, 0.25) is 0 Å². The third-order valence-electron chi connectivity index (χ3n) is 4.79. The summed E-state index contributed by atoms with van der Waals surface area (Å²) in [6.45, 7) is 1.72. The SMILES string of the molecule is CCc1c(C(=O)ON2C(=O)c3ccccc3C2=O)cnn1-c1ccc(C(F)(F)F)cc1. The summed E-state index contributed by atoms with van der Waals surface area (Å²) in [7, 11) is 0. The number of imide groups is 1. The van der Waals surface area contributed by atoms with Crippen molar-refractivity contribution < 1.29 is 32.4 Å². The number of rotatable bonds is 4. The Hall–Kier alpha value is -3.95. The zero-order valence-electron chi connectivity index (χ0n) is 16.0. The number of alkyl halides is 3. The Morgan fingerprint density at radius 1 is 1.00 bits per heavy atom. The van der Waals surface area contributed by atoms with Crippen LogP contribution in [-0.4, -0.2) is 32.6 Å². The lowest BCUT2D eigenvalue weighted by molar-refractivity contribution is -0.137. The Kier molecular flexibility index (Phi) is 4.84. The van der Waals surface area contributed by atoms with Crippen molar-refractivity contribution in [2.75, 3.05) is 0 Å². The van der Waals surface area contributed by atoms with Crippen LogP contribution in [0.4, 0.5) is 13.2 Å². The maximum absolute atomic E-state index is 12.8. The van der Waals surface area contributed by atoms with Gasteiger partial charge in [0.25, 0.3) is 11.8 Å². The maximum atomic E-state index is 12.8. The normalized spacial score (nSPS) is 13.5. The van der Waals surface area contributed by atoms with Crippen molar-refractivity contribution in [2.24, 2.45) is 0 Å². The van der Waals surface area contributed by atoms with E-state index in [1.807, 2.05) is 0 Å². The van der Waals surface area contributed by atoms with Gasteiger partial charge >= 0.3 is 12.1 Å². The van der Waals surface area contributed by atoms with Gasteiger partial charge in [-0.25, -0.2) is 9.48 Å². The molecule has 1 aliphatic rings. The molecule has 0 saturated heterocycles. The number of amides is 2. The average Bonchev–Trinajstić information content (AvgIpc) is 3.29. The van der Waals surface area contributed by atoms with E-state index >= 15 is 0 Å². The van der Waals surface area contributed by atoms with Crippen molar-refractivity contribution in [3.05, 3.63) is 82.7 Å². The molecule has 0 unspecified atom stereocenters. The number of hydroxylamine groups is 2. The standard InChI is InChI=1S/C21H14F3N3O4/c1-2-17-16(11-25-26(17)13-9-7-12(8-10-13)21(22,23)24)20(30)31-27-18(28)14-5-3-4-6-15(14)19(27)29/h3-11H,2H2,1H3. The molecule has 0 N–H and O–H groups in total. The molecule has 0 radical (unpaired) electrons. The fourth-order valence-electron chi connectivity index (χ4n) is 3.28. The van der Waals surface area contributed by atoms with Crippen molar-refractivity contribution in [2.45, 2.75) is 19.5 Å². The third-order valence-corrected chi connectivity index (χ3v) is 4.79. The predicted octanol–water partition coefficient (Wildman–Crippen LogP) is 3.82. The second-order valence-corrected chi connectivity index (χ2v) is 6.64. The zero-order chi connectivity index (χ0) is 22.3. The summed E-state index contributed by atoms with van der Waals surface area (Å²) in [6, 6.07) is 10.3. The smallest absolute Gasteiger partial charge is 0.324 e. The molecule has 0 aliphatic carbocycles. The first-order valence-corrected chi connectivity index (χ1v) is 9.17. The number of hydrogen-bond donors (Lipinski definition) is 0. The van der Waals surface area contributed by atoms with Crippen LogP contribution < -0.4 is 0 Å². The third kappa shape index (κ3) is 3.45. The Morgan fingerprint density at radius 3 is 2.10 bits per heavy atom. The number of nitrogens with zero attached hydrogens (tertiary/aromatic N) is 3. The van der Waals surface area contributed by atoms with Gasteiger partial charge in [-0.05, 0) is 42.8 Å². The van der Waals surface area contributed by atoms with Gasteiger partial charge in [0.1, 0.15) is 5.56 Å². The topological polar surface area (TPSA) is 81.5 Å². The molecule has 158 valence electrons. The van der Waals surface area contributed by atoms with Gasteiger partial charge in [-0.1, -0.05) is 24.1 Å². The van der Waals surface area contributed by atoms with E-state index < -0.39 is 29.5 Å². The van der Waals surface area contributed by atoms with Crippen LogP contribution in [-0.2, 0) is 17.4 Å². The van der Waals surface area contributed by atoms with Crippen LogP contribution in [0.1, 0.15) is 49.3 Å². The molecule has 7 nitrogen and oxygen atoms in total. The van der Waals surface area contributed by atoms with Crippen LogP contribution in [0.5, 0.6) is 0 Å². The molecule has 0 atom stereocenters. The minimum atomic E-state index is -4.47. The number of carbonyl (C=O) groups excluding carboxylic acids is 3. The minimum absolute atomic E-state index is 0.0149. The van der Waals surface area contributed by atoms with Gasteiger partial charge in [-0.2, -0.15) is 18.3 Å². The summed E-state index contributed by atoms with van der Waals surface area (Å²) in [4.78, 5) is 42.5. The number of benzene rings is 2. The van der Waals surface area contributed by atoms with Crippen LogP contribution >= 0.6 is 0 Å². The van der Waals surface area contributed by atoms with E-state index in [0.717, 1.165) is 12.1 Å². The second-order valence-electron chi connectivity index (χ2n) is 6.64. The summed E-state index contributed by atoms with van der Waals surface area (Å²) in [5.41, 5.74) is 0.0737. The fourth-order valence-corrected chi connectivity index (χ4v) is 3.28. The number of carbonyl (C=O) groups is 3. The largest absolute Gasteiger partial charge is 0.416 e. The van der Waals surface area contributed by atoms with Gasteiger partial charge < -0.3 is 4.84 Å². The first kappa shape index (κ1) is 20.3. The van der Waals surface area contributed by atoms with Gasteiger partial charge in [-0.3, -0.25) is 9.59 Å². The van der Waals surface area contributed by atoms with Crippen LogP contribution in [0, 0.1) is 0 Å². The zero-order valence-corrected chi connectivity index (χ0v) is 16.0. The summed E-state index contributed by atoms with van der Waals surface area (Å²) in [5, 5.41) is 4.46. The van der Waals surface area contributed by atoms with Gasteiger partial charge in [0.15, 0.2) is 0 Å². The Morgan fingerprint density at radius 2 is 1.58 bits per heavy atom. The average molecular weight is 429 g/mol. The van der Waals surface area contributed by atoms with Crippen LogP contribution in [0.3, 0.4) is 0 Å². The molecule has 3 aromatic rings. The summed E-state index contributed by atoms with van der Waals surface area (Å²) < 4.78 is 39.7. The van der Waals surface area contributed by atoms with E-state index in [9.17, 15) is 27.6 Å². The van der Waals surface area contributed by atoms with Gasteiger partial charge in [0, 0.05) is 0 Å². The van der Waals surface area contributed by atoms with E-state index in [0.29, 0.717) is 16.4 Å². The summed E-state index contributed by atoms with van der Waals surface area (Å²) in [6.07, 6.45) is -3.01. The maximum Gasteiger partial charge on any atom is 0.416 e. The number of fused-ring (bicyclic) bond motifs is 1. The highest BCUT2D eigenvalue weighted by Crippen LogP contribution is 2.30. The molecular weight excluding hydrogens is 415 g/mol. The number of hydrogen-bond acceptors (Lipinski definition) is 5. The van der Waals surface area contributed by atoms with E-state index in [-0.39, 0.29) is 23.1 Å². The molecule has 2 aromatic carbocycles. The van der Waals surface area contributed by atoms with Crippen molar-refractivity contribution in [1.29, 1.82) is 0 Å². The Balaban J connectivity index is 1.60. The van der Waals surface area contributed by atoms with Crippen molar-refractivity contribution in [3.8, 4) is 5.69 Å². The first-order chi connectivity index (χ1) is 14.7. The molecule has 1 aliphatic heterocycles. The highest BCUT2D eigenvalue weighted by Gasteiger charge is 2.39. The molecule has 1 aromatic heterocycles. The highest BCUT2D eigenvalue weighted by molar-refractivity contribution is 6.21. The van der Waals surface area contributed by atoms with Crippen molar-refractivity contribution in [1.82, 2.24) is 14.8 Å². The predicted molar refractivity (Wildman–Crippen MR) is 100 cm³/mol. The Bertz CT molecular complexity index is 1160. The molecular formula is C21H14F3N3O4. The molecule has 31 heavy (non-hydrogen) atoms. The number of aromatic nitrogens is 2. The minimum Gasteiger partial charge on any atom is -0.324 e. The molecule has 0 fully saturated rings. The lowest BCUT2D eigenvalue weighted by Crippen LogP contribution is -2.32. The molecule has 0 spiro atoms. The monoisotopic (exact) mass is 429 g/mol. The number of halogens is 3. The fraction of sp³-hybridized carbons (Fsp3) is 0.143. The van der Waals surface area contributed by atoms with E-state index in [1.54, 1.807) is 19.1 Å². The quantitative estimate of drug-likeness (QED) is 0.589. The summed E-state index contributed by atoms with van der Waals surface area (Å²) >= 11 is 0. The molecule has 0 saturated carbocycles. The van der Waals surface area contributed by atoms with Crippen molar-refractivity contribution >= 4 is 17.8 Å². The van der Waals surface area contributed by atoms with Gasteiger partial charge in [-0.15, -0.1) is 0 Å². The van der Waals surface area contributed by atoms with Gasteiger partial charge in [0.2, 0.25) is 0 Å². The van der Waals surface area contributed by atoms with Crippen LogP contribution in [0.15, 0.2) is 54.7 Å². The van der Waals surface area contributed by atoms with E-state index in [4.69, 9.17) is 4.84 Å². The van der Waals surface area contributed by atoms with E-state index in [1.165, 1.54) is 35.1 Å². The summed E-state index contributed by atoms with van der Waals surface area (Å²) in [5.74, 6) is -2.51. The Labute approximate surface area is 173 Å². The highest BCUT2D eigenvalue weighted by atomic mass is 19.4. The molecule has 4 rings (SSSR count).